The minimum Gasteiger partial charge on any atom is -0.339 e. The molecule has 1 aromatic carbocycles. The molecule has 1 aliphatic rings. The number of hydrogen-bond acceptors (Lipinski definition) is 5. The second kappa shape index (κ2) is 7.57. The predicted octanol–water partition coefficient (Wildman–Crippen LogP) is 2.06. The molecule has 0 N–H and O–H groups in total. The number of benzene rings is 1. The molecule has 4 rings (SSSR count). The molecule has 1 amide bonds. The van der Waals surface area contributed by atoms with Crippen LogP contribution in [0.1, 0.15) is 12.5 Å². The lowest BCUT2D eigenvalue weighted by Crippen LogP contribution is -2.48. The van der Waals surface area contributed by atoms with E-state index in [9.17, 15) is 4.79 Å². The SMILES string of the molecule is CC(=O)N1CCN(c2nnc(-c3cccnc3)n2Cc2ccccc2)CC1. The summed E-state index contributed by atoms with van der Waals surface area (Å²) in [5.74, 6) is 1.76. The molecular weight excluding hydrogens is 340 g/mol. The lowest BCUT2D eigenvalue weighted by molar-refractivity contribution is -0.129. The molecule has 7 nitrogen and oxygen atoms in total. The van der Waals surface area contributed by atoms with Crippen LogP contribution < -0.4 is 4.90 Å². The van der Waals surface area contributed by atoms with E-state index in [-0.39, 0.29) is 5.91 Å². The largest absolute Gasteiger partial charge is 0.339 e. The van der Waals surface area contributed by atoms with Gasteiger partial charge in [-0.25, -0.2) is 0 Å². The van der Waals surface area contributed by atoms with Crippen LogP contribution in [0.4, 0.5) is 5.95 Å². The van der Waals surface area contributed by atoms with Crippen molar-refractivity contribution in [2.45, 2.75) is 13.5 Å². The van der Waals surface area contributed by atoms with Gasteiger partial charge in [0.25, 0.3) is 0 Å². The standard InChI is InChI=1S/C20H22N6O/c1-16(27)24-10-12-25(13-11-24)20-23-22-19(18-8-5-9-21-14-18)26(20)15-17-6-3-2-4-7-17/h2-9,14H,10-13,15H2,1H3. The minimum atomic E-state index is 0.122. The smallest absolute Gasteiger partial charge is 0.227 e. The molecule has 138 valence electrons. The van der Waals surface area contributed by atoms with Crippen LogP contribution in [-0.4, -0.2) is 56.7 Å². The van der Waals surface area contributed by atoms with Crippen molar-refractivity contribution < 1.29 is 4.79 Å². The summed E-state index contributed by atoms with van der Waals surface area (Å²) in [7, 11) is 0. The zero-order chi connectivity index (χ0) is 18.6. The number of amides is 1. The fourth-order valence-electron chi connectivity index (χ4n) is 3.37. The third-order valence-electron chi connectivity index (χ3n) is 4.84. The number of aromatic nitrogens is 4. The summed E-state index contributed by atoms with van der Waals surface area (Å²) >= 11 is 0. The molecule has 1 fully saturated rings. The molecule has 2 aromatic heterocycles. The summed E-state index contributed by atoms with van der Waals surface area (Å²) in [6.45, 7) is 5.21. The van der Waals surface area contributed by atoms with Gasteiger partial charge in [-0.05, 0) is 17.7 Å². The third kappa shape index (κ3) is 3.67. The zero-order valence-corrected chi connectivity index (χ0v) is 15.3. The lowest BCUT2D eigenvalue weighted by atomic mass is 10.2. The first-order valence-corrected chi connectivity index (χ1v) is 9.10. The third-order valence-corrected chi connectivity index (χ3v) is 4.84. The van der Waals surface area contributed by atoms with Gasteiger partial charge in [-0.1, -0.05) is 30.3 Å². The first kappa shape index (κ1) is 17.2. The van der Waals surface area contributed by atoms with Crippen molar-refractivity contribution >= 4 is 11.9 Å². The van der Waals surface area contributed by atoms with Gasteiger partial charge in [-0.3, -0.25) is 14.3 Å². The number of hydrogen-bond donors (Lipinski definition) is 0. The van der Waals surface area contributed by atoms with Crippen molar-refractivity contribution in [1.29, 1.82) is 0 Å². The van der Waals surface area contributed by atoms with E-state index < -0.39 is 0 Å². The molecule has 0 radical (unpaired) electrons. The molecule has 0 spiro atoms. The van der Waals surface area contributed by atoms with Crippen LogP contribution in [0, 0.1) is 0 Å². The van der Waals surface area contributed by atoms with E-state index in [1.54, 1.807) is 13.1 Å². The quantitative estimate of drug-likeness (QED) is 0.711. The Labute approximate surface area is 158 Å². The first-order chi connectivity index (χ1) is 13.2. The predicted molar refractivity (Wildman–Crippen MR) is 103 cm³/mol. The monoisotopic (exact) mass is 362 g/mol. The molecule has 27 heavy (non-hydrogen) atoms. The van der Waals surface area contributed by atoms with E-state index in [1.807, 2.05) is 41.4 Å². The van der Waals surface area contributed by atoms with Crippen molar-refractivity contribution in [2.75, 3.05) is 31.1 Å². The van der Waals surface area contributed by atoms with E-state index in [4.69, 9.17) is 0 Å². The van der Waals surface area contributed by atoms with Crippen LogP contribution in [0.15, 0.2) is 54.9 Å². The van der Waals surface area contributed by atoms with Crippen molar-refractivity contribution in [3.63, 3.8) is 0 Å². The van der Waals surface area contributed by atoms with Gasteiger partial charge in [0.2, 0.25) is 11.9 Å². The number of carbonyl (C=O) groups excluding carboxylic acids is 1. The Hall–Kier alpha value is -3.22. The highest BCUT2D eigenvalue weighted by molar-refractivity contribution is 5.73. The fraction of sp³-hybridized carbons (Fsp3) is 0.300. The van der Waals surface area contributed by atoms with Crippen LogP contribution in [0.25, 0.3) is 11.4 Å². The lowest BCUT2D eigenvalue weighted by Gasteiger charge is -2.34. The topological polar surface area (TPSA) is 67.2 Å². The highest BCUT2D eigenvalue weighted by atomic mass is 16.2. The van der Waals surface area contributed by atoms with E-state index in [1.165, 1.54) is 5.56 Å². The minimum absolute atomic E-state index is 0.122. The number of piperazine rings is 1. The Morgan fingerprint density at radius 1 is 1.00 bits per heavy atom. The second-order valence-electron chi connectivity index (χ2n) is 6.63. The molecule has 1 saturated heterocycles. The molecule has 0 atom stereocenters. The van der Waals surface area contributed by atoms with Gasteiger partial charge >= 0.3 is 0 Å². The summed E-state index contributed by atoms with van der Waals surface area (Å²) in [5, 5.41) is 8.95. The van der Waals surface area contributed by atoms with Crippen molar-refractivity contribution in [3.8, 4) is 11.4 Å². The first-order valence-electron chi connectivity index (χ1n) is 9.10. The molecule has 3 heterocycles. The van der Waals surface area contributed by atoms with E-state index >= 15 is 0 Å². The Balaban J connectivity index is 1.67. The maximum absolute atomic E-state index is 11.6. The van der Waals surface area contributed by atoms with Crippen LogP contribution >= 0.6 is 0 Å². The average molecular weight is 362 g/mol. The molecule has 7 heteroatoms. The van der Waals surface area contributed by atoms with Crippen molar-refractivity contribution in [3.05, 3.63) is 60.4 Å². The second-order valence-corrected chi connectivity index (χ2v) is 6.63. The Kier molecular flexibility index (Phi) is 4.82. The molecule has 0 aliphatic carbocycles. The maximum Gasteiger partial charge on any atom is 0.227 e. The van der Waals surface area contributed by atoms with Gasteiger partial charge in [0.05, 0.1) is 6.54 Å². The van der Waals surface area contributed by atoms with E-state index in [0.29, 0.717) is 19.6 Å². The fourth-order valence-corrected chi connectivity index (χ4v) is 3.37. The Morgan fingerprint density at radius 2 is 1.78 bits per heavy atom. The maximum atomic E-state index is 11.6. The van der Waals surface area contributed by atoms with Crippen molar-refractivity contribution in [1.82, 2.24) is 24.6 Å². The molecular formula is C20H22N6O. The highest BCUT2D eigenvalue weighted by Gasteiger charge is 2.24. The molecule has 0 bridgehead atoms. The van der Waals surface area contributed by atoms with Crippen LogP contribution in [0.2, 0.25) is 0 Å². The average Bonchev–Trinajstić information content (AvgIpc) is 3.13. The molecule has 0 saturated carbocycles. The number of carbonyl (C=O) groups is 1. The van der Waals surface area contributed by atoms with E-state index in [0.717, 1.165) is 30.4 Å². The van der Waals surface area contributed by atoms with Gasteiger partial charge < -0.3 is 9.80 Å². The highest BCUT2D eigenvalue weighted by Crippen LogP contribution is 2.24. The van der Waals surface area contributed by atoms with Crippen LogP contribution in [0.5, 0.6) is 0 Å². The molecule has 1 aliphatic heterocycles. The van der Waals surface area contributed by atoms with Gasteiger partial charge in [-0.15, -0.1) is 10.2 Å². The summed E-state index contributed by atoms with van der Waals surface area (Å²) in [6, 6.07) is 14.2. The molecule has 0 unspecified atom stereocenters. The number of pyridine rings is 1. The Morgan fingerprint density at radius 3 is 2.44 bits per heavy atom. The zero-order valence-electron chi connectivity index (χ0n) is 15.3. The number of rotatable bonds is 4. The van der Waals surface area contributed by atoms with Crippen molar-refractivity contribution in [2.24, 2.45) is 0 Å². The Bertz CT molecular complexity index is 901. The number of nitrogens with zero attached hydrogens (tertiary/aromatic N) is 6. The normalized spacial score (nSPS) is 14.4. The van der Waals surface area contributed by atoms with E-state index in [2.05, 4.69) is 36.8 Å². The summed E-state index contributed by atoms with van der Waals surface area (Å²) in [5.41, 5.74) is 2.13. The van der Waals surface area contributed by atoms with Crippen LogP contribution in [0.3, 0.4) is 0 Å². The summed E-state index contributed by atoms with van der Waals surface area (Å²) < 4.78 is 2.13. The molecule has 3 aromatic rings. The van der Waals surface area contributed by atoms with Gasteiger partial charge in [0.1, 0.15) is 0 Å². The van der Waals surface area contributed by atoms with Gasteiger partial charge in [0, 0.05) is 51.1 Å². The van der Waals surface area contributed by atoms with Crippen LogP contribution in [-0.2, 0) is 11.3 Å². The summed E-state index contributed by atoms with van der Waals surface area (Å²) in [4.78, 5) is 19.9. The van der Waals surface area contributed by atoms with Gasteiger partial charge in [-0.2, -0.15) is 0 Å². The van der Waals surface area contributed by atoms with Gasteiger partial charge in [0.15, 0.2) is 5.82 Å². The summed E-state index contributed by atoms with van der Waals surface area (Å²) in [6.07, 6.45) is 3.56. The number of anilines is 1.